The van der Waals surface area contributed by atoms with Crippen LogP contribution in [0.5, 0.6) is 0 Å². The lowest BCUT2D eigenvalue weighted by atomic mass is 10.1. The second kappa shape index (κ2) is 4.36. The van der Waals surface area contributed by atoms with Crippen molar-refractivity contribution in [1.29, 1.82) is 0 Å². The van der Waals surface area contributed by atoms with Crippen molar-refractivity contribution in [3.05, 3.63) is 0 Å². The van der Waals surface area contributed by atoms with Crippen molar-refractivity contribution in [2.75, 3.05) is 6.54 Å². The Bertz CT molecular complexity index is 102. The number of rotatable bonds is 5. The lowest BCUT2D eigenvalue weighted by Crippen LogP contribution is -2.19. The van der Waals surface area contributed by atoms with Gasteiger partial charge in [-0.15, -0.1) is 0 Å². The van der Waals surface area contributed by atoms with E-state index < -0.39 is 12.5 Å². The van der Waals surface area contributed by atoms with Crippen LogP contribution in [0.2, 0.25) is 0 Å². The maximum atomic E-state index is 12.5. The second-order valence-electron chi connectivity index (χ2n) is 2.34. The van der Waals surface area contributed by atoms with Gasteiger partial charge >= 0.3 is 0 Å². The minimum Gasteiger partial charge on any atom is -0.295 e. The highest BCUT2D eigenvalue weighted by molar-refractivity contribution is 5.23. The Morgan fingerprint density at radius 1 is 1.50 bits per heavy atom. The normalized spacial score (nSPS) is 11.5. The van der Waals surface area contributed by atoms with Gasteiger partial charge in [0.05, 0.1) is 0 Å². The molecule has 0 radical (unpaired) electrons. The van der Waals surface area contributed by atoms with Gasteiger partial charge < -0.3 is 0 Å². The molecule has 0 saturated heterocycles. The fourth-order valence-corrected chi connectivity index (χ4v) is 0.678. The molecule has 1 nitrogen and oxygen atoms in total. The molecule has 10 heavy (non-hydrogen) atoms. The lowest BCUT2D eigenvalue weighted by Gasteiger charge is -2.11. The molecule has 60 valence electrons. The number of nitrogens with zero attached hydrogens (tertiary/aromatic N) is 1. The summed E-state index contributed by atoms with van der Waals surface area (Å²) in [7, 11) is 0. The molecule has 0 aliphatic carbocycles. The Hall–Kier alpha value is -0.470. The summed E-state index contributed by atoms with van der Waals surface area (Å²) in [5.74, 6) is -2.63. The summed E-state index contributed by atoms with van der Waals surface area (Å²) in [5.41, 5.74) is 0. The maximum absolute atomic E-state index is 12.5. The first-order chi connectivity index (χ1) is 4.62. The zero-order valence-corrected chi connectivity index (χ0v) is 6.24. The average Bonchev–Trinajstić information content (AvgIpc) is 1.84. The molecule has 0 spiro atoms. The van der Waals surface area contributed by atoms with E-state index in [4.69, 9.17) is 0 Å². The predicted octanol–water partition coefficient (Wildman–Crippen LogP) is 2.51. The van der Waals surface area contributed by atoms with Crippen LogP contribution in [0.15, 0.2) is 4.99 Å². The summed E-state index contributed by atoms with van der Waals surface area (Å²) in [6.07, 6.45) is 1.29. The highest BCUT2D eigenvalue weighted by atomic mass is 19.3. The molecule has 0 aliphatic rings. The van der Waals surface area contributed by atoms with Crippen LogP contribution in [0.4, 0.5) is 8.78 Å². The zero-order valence-electron chi connectivity index (χ0n) is 6.24. The van der Waals surface area contributed by atoms with Crippen LogP contribution in [0.25, 0.3) is 0 Å². The van der Waals surface area contributed by atoms with Crippen LogP contribution < -0.4 is 0 Å². The number of hydrogen-bond acceptors (Lipinski definition) is 1. The first-order valence-electron chi connectivity index (χ1n) is 3.42. The molecule has 0 aromatic rings. The smallest absolute Gasteiger partial charge is 0.267 e. The number of halogens is 2. The molecule has 0 aromatic heterocycles. The van der Waals surface area contributed by atoms with E-state index in [1.54, 1.807) is 0 Å². The fraction of sp³-hybridized carbons (Fsp3) is 0.857. The summed E-state index contributed by atoms with van der Waals surface area (Å²) in [4.78, 5) is 3.16. The Morgan fingerprint density at radius 3 is 2.50 bits per heavy atom. The van der Waals surface area contributed by atoms with Crippen LogP contribution in [0, 0.1) is 0 Å². The van der Waals surface area contributed by atoms with Crippen LogP contribution in [-0.4, -0.2) is 19.2 Å². The number of alkyl halides is 2. The van der Waals surface area contributed by atoms with E-state index in [1.165, 1.54) is 0 Å². The van der Waals surface area contributed by atoms with Gasteiger partial charge in [0.2, 0.25) is 0 Å². The van der Waals surface area contributed by atoms with Crippen molar-refractivity contribution in [2.45, 2.75) is 32.1 Å². The number of hydrogen-bond donors (Lipinski definition) is 0. The van der Waals surface area contributed by atoms with Crippen molar-refractivity contribution >= 4 is 6.72 Å². The third kappa shape index (κ3) is 4.41. The summed E-state index contributed by atoms with van der Waals surface area (Å²) < 4.78 is 25.0. The Balaban J connectivity index is 3.51. The molecular weight excluding hydrogens is 136 g/mol. The molecule has 0 N–H and O–H groups in total. The van der Waals surface area contributed by atoms with E-state index in [2.05, 4.69) is 11.7 Å². The van der Waals surface area contributed by atoms with Gasteiger partial charge in [-0.1, -0.05) is 13.3 Å². The van der Waals surface area contributed by atoms with Crippen LogP contribution in [-0.2, 0) is 0 Å². The molecular formula is C7H13F2N. The zero-order chi connectivity index (χ0) is 8.04. The molecule has 3 heteroatoms. The predicted molar refractivity (Wildman–Crippen MR) is 38.9 cm³/mol. The number of aliphatic imine (C=N–C) groups is 1. The van der Waals surface area contributed by atoms with E-state index in [9.17, 15) is 8.78 Å². The Morgan fingerprint density at radius 2 is 2.10 bits per heavy atom. The first kappa shape index (κ1) is 9.53. The molecule has 0 bridgehead atoms. The van der Waals surface area contributed by atoms with Gasteiger partial charge in [0.1, 0.15) is 6.54 Å². The molecule has 0 saturated carbocycles. The van der Waals surface area contributed by atoms with Crippen LogP contribution in [0.1, 0.15) is 26.2 Å². The summed E-state index contributed by atoms with van der Waals surface area (Å²) in [5, 5.41) is 0. The molecule has 0 unspecified atom stereocenters. The minimum atomic E-state index is -2.63. The van der Waals surface area contributed by atoms with Gasteiger partial charge in [-0.2, -0.15) is 0 Å². The molecule has 0 fully saturated rings. The molecule has 0 rings (SSSR count). The highest BCUT2D eigenvalue weighted by Gasteiger charge is 2.26. The number of unbranched alkanes of at least 4 members (excludes halogenated alkanes) is 1. The lowest BCUT2D eigenvalue weighted by molar-refractivity contribution is 0.000858. The molecule has 0 amide bonds. The molecule has 0 aliphatic heterocycles. The molecule has 0 heterocycles. The Labute approximate surface area is 60.2 Å². The van der Waals surface area contributed by atoms with Gasteiger partial charge in [0, 0.05) is 6.42 Å². The fourth-order valence-electron chi connectivity index (χ4n) is 0.678. The van der Waals surface area contributed by atoms with E-state index in [0.717, 1.165) is 6.42 Å². The molecule has 0 atom stereocenters. The van der Waals surface area contributed by atoms with Crippen molar-refractivity contribution < 1.29 is 8.78 Å². The standard InChI is InChI=1S/C7H13F2N/c1-3-4-5-7(8,9)6-10-2/h2-6H2,1H3. The first-order valence-corrected chi connectivity index (χ1v) is 3.42. The minimum absolute atomic E-state index is 0.0669. The van der Waals surface area contributed by atoms with Crippen molar-refractivity contribution in [1.82, 2.24) is 0 Å². The van der Waals surface area contributed by atoms with Crippen molar-refractivity contribution in [3.8, 4) is 0 Å². The van der Waals surface area contributed by atoms with Gasteiger partial charge in [0.15, 0.2) is 0 Å². The topological polar surface area (TPSA) is 12.4 Å². The second-order valence-corrected chi connectivity index (χ2v) is 2.34. The summed E-state index contributed by atoms with van der Waals surface area (Å²) in [6.45, 7) is 4.47. The van der Waals surface area contributed by atoms with E-state index in [-0.39, 0.29) is 6.42 Å². The highest BCUT2D eigenvalue weighted by Crippen LogP contribution is 2.20. The van der Waals surface area contributed by atoms with E-state index in [0.29, 0.717) is 6.42 Å². The largest absolute Gasteiger partial charge is 0.295 e. The van der Waals surface area contributed by atoms with Crippen LogP contribution >= 0.6 is 0 Å². The van der Waals surface area contributed by atoms with Crippen LogP contribution in [0.3, 0.4) is 0 Å². The summed E-state index contributed by atoms with van der Waals surface area (Å²) >= 11 is 0. The van der Waals surface area contributed by atoms with E-state index >= 15 is 0 Å². The maximum Gasteiger partial charge on any atom is 0.267 e. The summed E-state index contributed by atoms with van der Waals surface area (Å²) in [6, 6.07) is 0. The van der Waals surface area contributed by atoms with Gasteiger partial charge in [-0.3, -0.25) is 4.99 Å². The van der Waals surface area contributed by atoms with Crippen molar-refractivity contribution in [3.63, 3.8) is 0 Å². The average molecular weight is 149 g/mol. The monoisotopic (exact) mass is 149 g/mol. The van der Waals surface area contributed by atoms with Gasteiger partial charge in [0.25, 0.3) is 5.92 Å². The SMILES string of the molecule is C=NCC(F)(F)CCCC. The Kier molecular flexibility index (Phi) is 4.16. The third-order valence-electron chi connectivity index (χ3n) is 1.24. The third-order valence-corrected chi connectivity index (χ3v) is 1.24. The van der Waals surface area contributed by atoms with E-state index in [1.807, 2.05) is 6.92 Å². The van der Waals surface area contributed by atoms with Gasteiger partial charge in [-0.05, 0) is 13.1 Å². The van der Waals surface area contributed by atoms with Crippen molar-refractivity contribution in [2.24, 2.45) is 4.99 Å². The van der Waals surface area contributed by atoms with Gasteiger partial charge in [-0.25, -0.2) is 8.78 Å². The molecule has 0 aromatic carbocycles. The quantitative estimate of drug-likeness (QED) is 0.532.